The van der Waals surface area contributed by atoms with Crippen LogP contribution in [0.2, 0.25) is 0 Å². The average molecular weight is 304 g/mol. The number of carbonyl (C=O) groups is 2. The van der Waals surface area contributed by atoms with Crippen molar-refractivity contribution in [3.8, 4) is 0 Å². The molecule has 3 rings (SSSR count). The zero-order valence-corrected chi connectivity index (χ0v) is 12.2. The van der Waals surface area contributed by atoms with Gasteiger partial charge in [0.05, 0.1) is 11.5 Å². The molecule has 8 nitrogen and oxygen atoms in total. The van der Waals surface area contributed by atoms with E-state index < -0.39 is 17.4 Å². The van der Waals surface area contributed by atoms with Crippen LogP contribution in [0.15, 0.2) is 18.6 Å². The van der Waals surface area contributed by atoms with Gasteiger partial charge >= 0.3 is 5.97 Å². The number of nitrogens with zero attached hydrogens (tertiary/aromatic N) is 3. The summed E-state index contributed by atoms with van der Waals surface area (Å²) in [7, 11) is 1.51. The molecular formula is C14H16N4O4. The predicted molar refractivity (Wildman–Crippen MR) is 76.4 cm³/mol. The lowest BCUT2D eigenvalue weighted by molar-refractivity contribution is -0.147. The topological polar surface area (TPSA) is 108 Å². The molecule has 22 heavy (non-hydrogen) atoms. The predicted octanol–water partition coefficient (Wildman–Crippen LogP) is 0.662. The molecule has 1 amide bonds. The second-order valence-corrected chi connectivity index (χ2v) is 5.52. The molecule has 8 heteroatoms. The van der Waals surface area contributed by atoms with E-state index in [0.29, 0.717) is 11.0 Å². The van der Waals surface area contributed by atoms with Gasteiger partial charge in [0, 0.05) is 26.3 Å². The number of carbonyl (C=O) groups excluding carboxylic acids is 1. The number of hydrogen-bond donors (Lipinski definition) is 2. The Morgan fingerprint density at radius 1 is 1.50 bits per heavy atom. The van der Waals surface area contributed by atoms with Crippen LogP contribution >= 0.6 is 0 Å². The Kier molecular flexibility index (Phi) is 3.32. The molecule has 1 aliphatic rings. The molecule has 116 valence electrons. The third kappa shape index (κ3) is 2.03. The number of fused-ring (bicyclic) bond motifs is 1. The van der Waals surface area contributed by atoms with E-state index in [-0.39, 0.29) is 24.8 Å². The number of carboxylic acid groups (broad SMARTS) is 1. The first-order valence-corrected chi connectivity index (χ1v) is 6.83. The number of methoxy groups -OCH3 is 1. The van der Waals surface area contributed by atoms with Gasteiger partial charge in [0.2, 0.25) is 0 Å². The highest BCUT2D eigenvalue weighted by Crippen LogP contribution is 2.33. The fraction of sp³-hybridized carbons (Fsp3) is 0.429. The Balaban J connectivity index is 2.03. The van der Waals surface area contributed by atoms with Crippen molar-refractivity contribution in [2.45, 2.75) is 25.0 Å². The standard InChI is InChI=1S/C14H16N4O4/c1-14(13(20)21)5-8(22-2)6-18(14)12(19)10-9-3-4-15-11(9)17-7-16-10/h3-4,7-8H,5-6H2,1-2H3,(H,20,21)(H,15,16,17). The van der Waals surface area contributed by atoms with Crippen molar-refractivity contribution < 1.29 is 19.4 Å². The molecule has 1 saturated heterocycles. The molecule has 0 bridgehead atoms. The zero-order chi connectivity index (χ0) is 15.9. The van der Waals surface area contributed by atoms with Crippen LogP contribution in [0.4, 0.5) is 0 Å². The number of aliphatic carboxylic acids is 1. The van der Waals surface area contributed by atoms with Crippen LogP contribution in [-0.2, 0) is 9.53 Å². The van der Waals surface area contributed by atoms with Gasteiger partial charge in [-0.2, -0.15) is 0 Å². The maximum atomic E-state index is 12.8. The molecule has 0 aromatic carbocycles. The largest absolute Gasteiger partial charge is 0.480 e. The fourth-order valence-corrected chi connectivity index (χ4v) is 2.86. The van der Waals surface area contributed by atoms with Crippen molar-refractivity contribution in [3.05, 3.63) is 24.3 Å². The Morgan fingerprint density at radius 3 is 2.95 bits per heavy atom. The fourth-order valence-electron chi connectivity index (χ4n) is 2.86. The van der Waals surface area contributed by atoms with Gasteiger partial charge in [-0.25, -0.2) is 14.8 Å². The van der Waals surface area contributed by atoms with E-state index in [2.05, 4.69) is 15.0 Å². The Labute approximate surface area is 126 Å². The van der Waals surface area contributed by atoms with Crippen molar-refractivity contribution in [3.63, 3.8) is 0 Å². The summed E-state index contributed by atoms with van der Waals surface area (Å²) in [4.78, 5) is 36.8. The highest BCUT2D eigenvalue weighted by molar-refractivity contribution is 6.05. The van der Waals surface area contributed by atoms with Crippen LogP contribution in [0.1, 0.15) is 23.8 Å². The highest BCUT2D eigenvalue weighted by Gasteiger charge is 2.51. The molecule has 0 aliphatic carbocycles. The maximum absolute atomic E-state index is 12.8. The molecule has 2 aromatic rings. The van der Waals surface area contributed by atoms with Crippen molar-refractivity contribution >= 4 is 22.9 Å². The second kappa shape index (κ2) is 5.06. The van der Waals surface area contributed by atoms with Crippen LogP contribution in [-0.4, -0.2) is 62.1 Å². The van der Waals surface area contributed by atoms with Gasteiger partial charge < -0.3 is 19.7 Å². The lowest BCUT2D eigenvalue weighted by Gasteiger charge is -2.30. The molecule has 0 spiro atoms. The summed E-state index contributed by atoms with van der Waals surface area (Å²) >= 11 is 0. The minimum absolute atomic E-state index is 0.190. The number of H-pyrrole nitrogens is 1. The quantitative estimate of drug-likeness (QED) is 0.862. The molecule has 3 heterocycles. The van der Waals surface area contributed by atoms with E-state index in [1.165, 1.54) is 25.3 Å². The van der Waals surface area contributed by atoms with E-state index in [1.807, 2.05) is 0 Å². The number of rotatable bonds is 3. The summed E-state index contributed by atoms with van der Waals surface area (Å²) < 4.78 is 5.25. The molecule has 2 N–H and O–H groups in total. The van der Waals surface area contributed by atoms with Crippen molar-refractivity contribution in [2.24, 2.45) is 0 Å². The molecule has 2 unspecified atom stereocenters. The van der Waals surface area contributed by atoms with Crippen molar-refractivity contribution in [2.75, 3.05) is 13.7 Å². The molecule has 1 fully saturated rings. The number of ether oxygens (including phenoxy) is 1. The summed E-state index contributed by atoms with van der Waals surface area (Å²) in [5.41, 5.74) is -0.584. The van der Waals surface area contributed by atoms with E-state index in [0.717, 1.165) is 0 Å². The van der Waals surface area contributed by atoms with Crippen LogP contribution in [0.3, 0.4) is 0 Å². The smallest absolute Gasteiger partial charge is 0.329 e. The Hall–Kier alpha value is -2.48. The molecule has 2 atom stereocenters. The third-order valence-electron chi connectivity index (χ3n) is 4.20. The molecule has 0 saturated carbocycles. The van der Waals surface area contributed by atoms with Gasteiger partial charge in [-0.15, -0.1) is 0 Å². The van der Waals surface area contributed by atoms with Crippen LogP contribution in [0, 0.1) is 0 Å². The van der Waals surface area contributed by atoms with E-state index in [9.17, 15) is 14.7 Å². The monoisotopic (exact) mass is 304 g/mol. The Morgan fingerprint density at radius 2 is 2.27 bits per heavy atom. The normalized spacial score (nSPS) is 24.8. The number of amides is 1. The highest BCUT2D eigenvalue weighted by atomic mass is 16.5. The number of carboxylic acids is 1. The lowest BCUT2D eigenvalue weighted by Crippen LogP contribution is -2.51. The van der Waals surface area contributed by atoms with Crippen molar-refractivity contribution in [1.29, 1.82) is 0 Å². The van der Waals surface area contributed by atoms with Gasteiger partial charge in [0.15, 0.2) is 0 Å². The van der Waals surface area contributed by atoms with E-state index >= 15 is 0 Å². The summed E-state index contributed by atoms with van der Waals surface area (Å²) in [5, 5.41) is 10.1. The average Bonchev–Trinajstić information content (AvgIpc) is 3.10. The van der Waals surface area contributed by atoms with Gasteiger partial charge in [-0.05, 0) is 13.0 Å². The first-order valence-electron chi connectivity index (χ1n) is 6.83. The lowest BCUT2D eigenvalue weighted by atomic mass is 9.98. The first kappa shape index (κ1) is 14.5. The SMILES string of the molecule is COC1CN(C(=O)c2ncnc3[nH]ccc23)C(C)(C(=O)O)C1. The Bertz CT molecular complexity index is 743. The number of nitrogens with one attached hydrogen (secondary N) is 1. The molecule has 0 radical (unpaired) electrons. The van der Waals surface area contributed by atoms with Crippen molar-refractivity contribution in [1.82, 2.24) is 19.9 Å². The molecule has 1 aliphatic heterocycles. The minimum Gasteiger partial charge on any atom is -0.480 e. The van der Waals surface area contributed by atoms with Crippen LogP contribution < -0.4 is 0 Å². The summed E-state index contributed by atoms with van der Waals surface area (Å²) in [6.45, 7) is 1.75. The zero-order valence-electron chi connectivity index (χ0n) is 12.2. The number of likely N-dealkylation sites (tertiary alicyclic amines) is 1. The third-order valence-corrected chi connectivity index (χ3v) is 4.20. The maximum Gasteiger partial charge on any atom is 0.329 e. The number of aromatic nitrogens is 3. The van der Waals surface area contributed by atoms with Crippen LogP contribution in [0.5, 0.6) is 0 Å². The van der Waals surface area contributed by atoms with Gasteiger partial charge in [0.25, 0.3) is 5.91 Å². The second-order valence-electron chi connectivity index (χ2n) is 5.52. The van der Waals surface area contributed by atoms with E-state index in [4.69, 9.17) is 4.74 Å². The van der Waals surface area contributed by atoms with Gasteiger partial charge in [-0.3, -0.25) is 4.79 Å². The minimum atomic E-state index is -1.31. The number of aromatic amines is 1. The summed E-state index contributed by atoms with van der Waals surface area (Å²) in [5.74, 6) is -1.49. The summed E-state index contributed by atoms with van der Waals surface area (Å²) in [6, 6.07) is 1.70. The van der Waals surface area contributed by atoms with E-state index in [1.54, 1.807) is 12.3 Å². The van der Waals surface area contributed by atoms with Gasteiger partial charge in [0.1, 0.15) is 23.2 Å². The molecule has 2 aromatic heterocycles. The number of hydrogen-bond acceptors (Lipinski definition) is 5. The summed E-state index contributed by atoms with van der Waals surface area (Å²) in [6.07, 6.45) is 2.88. The first-order chi connectivity index (χ1) is 10.5. The van der Waals surface area contributed by atoms with Crippen LogP contribution in [0.25, 0.3) is 11.0 Å². The van der Waals surface area contributed by atoms with Gasteiger partial charge in [-0.1, -0.05) is 0 Å². The molecular weight excluding hydrogens is 288 g/mol.